The molecule has 0 spiro atoms. The van der Waals surface area contributed by atoms with E-state index in [0.29, 0.717) is 11.6 Å². The number of carbonyl (C=O) groups excluding carboxylic acids is 1. The summed E-state index contributed by atoms with van der Waals surface area (Å²) in [6.45, 7) is 2.71. The minimum Gasteiger partial charge on any atom is -0.342 e. The topological polar surface area (TPSA) is 32.3 Å². The van der Waals surface area contributed by atoms with Crippen molar-refractivity contribution in [3.05, 3.63) is 35.6 Å². The summed E-state index contributed by atoms with van der Waals surface area (Å²) in [5.41, 5.74) is 0.497. The van der Waals surface area contributed by atoms with Gasteiger partial charge in [0, 0.05) is 19.1 Å². The second kappa shape index (κ2) is 6.56. The molecular formula is C17H23FN2O. The zero-order chi connectivity index (χ0) is 14.7. The molecule has 114 valence electrons. The molecule has 3 nitrogen and oxygen atoms in total. The van der Waals surface area contributed by atoms with Crippen LogP contribution < -0.4 is 5.32 Å². The molecule has 0 radical (unpaired) electrons. The van der Waals surface area contributed by atoms with Crippen molar-refractivity contribution in [1.82, 2.24) is 10.2 Å². The van der Waals surface area contributed by atoms with E-state index in [1.807, 2.05) is 4.90 Å². The van der Waals surface area contributed by atoms with E-state index in [1.165, 1.54) is 18.9 Å². The highest BCUT2D eigenvalue weighted by molar-refractivity contribution is 5.78. The monoisotopic (exact) mass is 290 g/mol. The lowest BCUT2D eigenvalue weighted by atomic mass is 10.0. The number of benzene rings is 1. The Morgan fingerprint density at radius 2 is 1.90 bits per heavy atom. The molecule has 21 heavy (non-hydrogen) atoms. The molecule has 2 aliphatic rings. The molecule has 0 bridgehead atoms. The van der Waals surface area contributed by atoms with E-state index in [9.17, 15) is 9.18 Å². The third kappa shape index (κ3) is 4.03. The quantitative estimate of drug-likeness (QED) is 0.903. The third-order valence-electron chi connectivity index (χ3n) is 4.54. The van der Waals surface area contributed by atoms with Crippen LogP contribution in [0.25, 0.3) is 0 Å². The second-order valence-corrected chi connectivity index (χ2v) is 6.27. The van der Waals surface area contributed by atoms with E-state index < -0.39 is 0 Å². The van der Waals surface area contributed by atoms with Gasteiger partial charge in [-0.15, -0.1) is 0 Å². The van der Waals surface area contributed by atoms with Gasteiger partial charge in [0.05, 0.1) is 6.42 Å². The molecule has 1 aromatic rings. The summed E-state index contributed by atoms with van der Waals surface area (Å²) in [5.74, 6) is 0.651. The van der Waals surface area contributed by atoms with Crippen LogP contribution in [0.15, 0.2) is 24.3 Å². The van der Waals surface area contributed by atoms with Crippen molar-refractivity contribution in [1.29, 1.82) is 0 Å². The number of likely N-dealkylation sites (tertiary alicyclic amines) is 1. The maximum Gasteiger partial charge on any atom is 0.227 e. The van der Waals surface area contributed by atoms with Crippen LogP contribution in [0.2, 0.25) is 0 Å². The van der Waals surface area contributed by atoms with Gasteiger partial charge in [0.1, 0.15) is 5.82 Å². The predicted octanol–water partition coefficient (Wildman–Crippen LogP) is 2.36. The molecule has 1 N–H and O–H groups in total. The van der Waals surface area contributed by atoms with Gasteiger partial charge in [-0.05, 0) is 49.8 Å². The number of halogens is 1. The molecule has 0 aromatic heterocycles. The first-order valence-corrected chi connectivity index (χ1v) is 7.97. The summed E-state index contributed by atoms with van der Waals surface area (Å²) in [4.78, 5) is 14.1. The Balaban J connectivity index is 1.45. The Morgan fingerprint density at radius 1 is 1.19 bits per heavy atom. The van der Waals surface area contributed by atoms with Gasteiger partial charge in [-0.1, -0.05) is 18.2 Å². The number of nitrogens with zero attached hydrogens (tertiary/aromatic N) is 1. The van der Waals surface area contributed by atoms with Gasteiger partial charge in [-0.25, -0.2) is 4.39 Å². The van der Waals surface area contributed by atoms with Gasteiger partial charge in [-0.3, -0.25) is 4.79 Å². The maximum atomic E-state index is 13.6. The van der Waals surface area contributed by atoms with Crippen LogP contribution in [0.4, 0.5) is 4.39 Å². The van der Waals surface area contributed by atoms with Crippen molar-refractivity contribution >= 4 is 5.91 Å². The third-order valence-corrected chi connectivity index (χ3v) is 4.54. The summed E-state index contributed by atoms with van der Waals surface area (Å²) in [6, 6.07) is 7.08. The van der Waals surface area contributed by atoms with E-state index in [4.69, 9.17) is 0 Å². The van der Waals surface area contributed by atoms with Crippen LogP contribution >= 0.6 is 0 Å². The number of rotatable bonds is 5. The van der Waals surface area contributed by atoms with Crippen LogP contribution in [0.3, 0.4) is 0 Å². The average molecular weight is 290 g/mol. The van der Waals surface area contributed by atoms with Gasteiger partial charge in [0.2, 0.25) is 5.91 Å². The minimum absolute atomic E-state index is 0.0424. The van der Waals surface area contributed by atoms with Crippen LogP contribution in [0.5, 0.6) is 0 Å². The number of hydrogen-bond donors (Lipinski definition) is 1. The van der Waals surface area contributed by atoms with Gasteiger partial charge in [0.15, 0.2) is 0 Å². The van der Waals surface area contributed by atoms with Crippen LogP contribution in [-0.4, -0.2) is 36.5 Å². The van der Waals surface area contributed by atoms with Gasteiger partial charge in [-0.2, -0.15) is 0 Å². The van der Waals surface area contributed by atoms with E-state index in [1.54, 1.807) is 18.2 Å². The summed E-state index contributed by atoms with van der Waals surface area (Å²) in [5, 5.41) is 3.60. The molecule has 1 aliphatic carbocycles. The van der Waals surface area contributed by atoms with Crippen molar-refractivity contribution in [2.75, 3.05) is 19.6 Å². The van der Waals surface area contributed by atoms with Gasteiger partial charge >= 0.3 is 0 Å². The molecule has 1 saturated carbocycles. The fraction of sp³-hybridized carbons (Fsp3) is 0.588. The molecule has 1 aromatic carbocycles. The zero-order valence-corrected chi connectivity index (χ0v) is 12.4. The minimum atomic E-state index is -0.285. The molecule has 0 unspecified atom stereocenters. The molecule has 1 heterocycles. The van der Waals surface area contributed by atoms with E-state index in [0.717, 1.165) is 38.4 Å². The Hall–Kier alpha value is -1.42. The summed E-state index contributed by atoms with van der Waals surface area (Å²) in [6.07, 6.45) is 4.93. The zero-order valence-electron chi connectivity index (χ0n) is 12.4. The molecule has 0 atom stereocenters. The molecule has 4 heteroatoms. The molecule has 3 rings (SSSR count). The highest BCUT2D eigenvalue weighted by Gasteiger charge is 2.26. The first kappa shape index (κ1) is 14.5. The average Bonchev–Trinajstić information content (AvgIpc) is 3.32. The Labute approximate surface area is 125 Å². The number of amides is 1. The Morgan fingerprint density at radius 3 is 2.57 bits per heavy atom. The lowest BCUT2D eigenvalue weighted by Gasteiger charge is -2.32. The van der Waals surface area contributed by atoms with Crippen molar-refractivity contribution in [2.24, 2.45) is 5.92 Å². The summed E-state index contributed by atoms with van der Waals surface area (Å²) < 4.78 is 13.6. The fourth-order valence-electron chi connectivity index (χ4n) is 2.90. The number of carbonyl (C=O) groups is 1. The lowest BCUT2D eigenvalue weighted by molar-refractivity contribution is -0.131. The molecule has 1 aliphatic heterocycles. The van der Waals surface area contributed by atoms with Gasteiger partial charge < -0.3 is 10.2 Å². The SMILES string of the molecule is O=C(Cc1ccccc1F)N1CCC(NCC2CC2)CC1. The largest absolute Gasteiger partial charge is 0.342 e. The molecule has 1 saturated heterocycles. The van der Waals surface area contributed by atoms with E-state index >= 15 is 0 Å². The number of nitrogens with one attached hydrogen (secondary N) is 1. The maximum absolute atomic E-state index is 13.6. The van der Waals surface area contributed by atoms with Crippen LogP contribution in [-0.2, 0) is 11.2 Å². The van der Waals surface area contributed by atoms with Crippen molar-refractivity contribution in [3.8, 4) is 0 Å². The highest BCUT2D eigenvalue weighted by atomic mass is 19.1. The highest BCUT2D eigenvalue weighted by Crippen LogP contribution is 2.28. The standard InChI is InChI=1S/C17H23FN2O/c18-16-4-2-1-3-14(16)11-17(21)20-9-7-15(8-10-20)19-12-13-5-6-13/h1-4,13,15,19H,5-12H2. The second-order valence-electron chi connectivity index (χ2n) is 6.27. The van der Waals surface area contributed by atoms with E-state index in [2.05, 4.69) is 5.32 Å². The summed E-state index contributed by atoms with van der Waals surface area (Å²) >= 11 is 0. The normalized spacial score (nSPS) is 19.8. The smallest absolute Gasteiger partial charge is 0.227 e. The van der Waals surface area contributed by atoms with Crippen LogP contribution in [0, 0.1) is 11.7 Å². The molecule has 2 fully saturated rings. The van der Waals surface area contributed by atoms with Crippen molar-refractivity contribution in [2.45, 2.75) is 38.1 Å². The van der Waals surface area contributed by atoms with Crippen LogP contribution in [0.1, 0.15) is 31.2 Å². The van der Waals surface area contributed by atoms with Crippen molar-refractivity contribution < 1.29 is 9.18 Å². The van der Waals surface area contributed by atoms with Crippen molar-refractivity contribution in [3.63, 3.8) is 0 Å². The Bertz CT molecular complexity index is 493. The predicted molar refractivity (Wildman–Crippen MR) is 80.4 cm³/mol. The number of hydrogen-bond acceptors (Lipinski definition) is 2. The molecule has 1 amide bonds. The first-order valence-electron chi connectivity index (χ1n) is 7.97. The van der Waals surface area contributed by atoms with Gasteiger partial charge in [0.25, 0.3) is 0 Å². The number of piperidine rings is 1. The molecular weight excluding hydrogens is 267 g/mol. The Kier molecular flexibility index (Phi) is 4.54. The first-order chi connectivity index (χ1) is 10.2. The van der Waals surface area contributed by atoms with E-state index in [-0.39, 0.29) is 18.1 Å². The fourth-order valence-corrected chi connectivity index (χ4v) is 2.90. The summed E-state index contributed by atoms with van der Waals surface area (Å²) in [7, 11) is 0. The lowest BCUT2D eigenvalue weighted by Crippen LogP contribution is -2.45.